The van der Waals surface area contributed by atoms with Gasteiger partial charge < -0.3 is 26.6 Å². The van der Waals surface area contributed by atoms with Crippen molar-refractivity contribution in [2.24, 2.45) is 0 Å². The van der Waals surface area contributed by atoms with Gasteiger partial charge in [0, 0.05) is 35.6 Å². The lowest BCUT2D eigenvalue weighted by molar-refractivity contribution is 0.102. The van der Waals surface area contributed by atoms with Crippen molar-refractivity contribution < 1.29 is 15.0 Å². The van der Waals surface area contributed by atoms with Crippen LogP contribution in [-0.4, -0.2) is 33.7 Å². The van der Waals surface area contributed by atoms with Crippen LogP contribution in [0, 0.1) is 0 Å². The molecule has 1 amide bonds. The molecule has 0 fully saturated rings. The van der Waals surface area contributed by atoms with Crippen molar-refractivity contribution in [3.8, 4) is 5.75 Å². The van der Waals surface area contributed by atoms with Crippen LogP contribution in [0.5, 0.6) is 5.75 Å². The number of rotatable bonds is 8. The average Bonchev–Trinajstić information content (AvgIpc) is 2.74. The van der Waals surface area contributed by atoms with Crippen LogP contribution in [0.2, 0.25) is 0 Å². The van der Waals surface area contributed by atoms with Crippen LogP contribution in [0.3, 0.4) is 0 Å². The molecule has 7 nitrogen and oxygen atoms in total. The van der Waals surface area contributed by atoms with Crippen molar-refractivity contribution >= 4 is 17.4 Å². The maximum absolute atomic E-state index is 12.5. The first-order valence-corrected chi connectivity index (χ1v) is 9.73. The maximum atomic E-state index is 12.5. The number of anilines is 2. The fourth-order valence-electron chi connectivity index (χ4n) is 3.06. The lowest BCUT2D eigenvalue weighted by Gasteiger charge is -2.18. The summed E-state index contributed by atoms with van der Waals surface area (Å²) in [6.07, 6.45) is 1.60. The average molecular weight is 406 g/mol. The molecule has 1 aromatic heterocycles. The summed E-state index contributed by atoms with van der Waals surface area (Å²) in [5.41, 5.74) is 8.46. The highest BCUT2D eigenvalue weighted by Gasteiger charge is 2.12. The third-order valence-electron chi connectivity index (χ3n) is 4.71. The Bertz CT molecular complexity index is 974. The van der Waals surface area contributed by atoms with E-state index in [2.05, 4.69) is 15.6 Å². The second-order valence-corrected chi connectivity index (χ2v) is 7.25. The summed E-state index contributed by atoms with van der Waals surface area (Å²) in [6.45, 7) is 2.41. The van der Waals surface area contributed by atoms with Crippen LogP contribution in [0.4, 0.5) is 11.5 Å². The molecule has 0 spiro atoms. The molecule has 0 saturated heterocycles. The van der Waals surface area contributed by atoms with E-state index in [9.17, 15) is 15.0 Å². The van der Waals surface area contributed by atoms with Crippen LogP contribution in [0.15, 0.2) is 66.9 Å². The summed E-state index contributed by atoms with van der Waals surface area (Å²) >= 11 is 0. The van der Waals surface area contributed by atoms with Gasteiger partial charge in [0.1, 0.15) is 11.6 Å². The highest BCUT2D eigenvalue weighted by molar-refractivity contribution is 6.04. The van der Waals surface area contributed by atoms with Gasteiger partial charge in [-0.3, -0.25) is 4.79 Å². The molecule has 7 heteroatoms. The number of pyridine rings is 1. The van der Waals surface area contributed by atoms with Crippen molar-refractivity contribution in [3.05, 3.63) is 83.6 Å². The van der Waals surface area contributed by atoms with E-state index in [0.29, 0.717) is 35.6 Å². The molecular weight excluding hydrogens is 380 g/mol. The predicted octanol–water partition coefficient (Wildman–Crippen LogP) is 2.88. The lowest BCUT2D eigenvalue weighted by Crippen LogP contribution is -2.32. The third kappa shape index (κ3) is 6.04. The minimum Gasteiger partial charge on any atom is -0.508 e. The molecule has 0 saturated carbocycles. The number of nitrogens with one attached hydrogen (secondary N) is 2. The molecule has 0 unspecified atom stereocenters. The fraction of sp³-hybridized carbons (Fsp3) is 0.217. The summed E-state index contributed by atoms with van der Waals surface area (Å²) < 4.78 is 0. The van der Waals surface area contributed by atoms with Crippen LogP contribution in [0.25, 0.3) is 0 Å². The number of aliphatic hydroxyl groups is 1. The zero-order valence-corrected chi connectivity index (χ0v) is 16.7. The van der Waals surface area contributed by atoms with Gasteiger partial charge in [0.05, 0.1) is 6.10 Å². The highest BCUT2D eigenvalue weighted by atomic mass is 16.3. The summed E-state index contributed by atoms with van der Waals surface area (Å²) in [5.74, 6) is 0.352. The smallest absolute Gasteiger partial charge is 0.255 e. The van der Waals surface area contributed by atoms with E-state index in [0.717, 1.165) is 5.56 Å². The van der Waals surface area contributed by atoms with Crippen LogP contribution < -0.4 is 16.4 Å². The molecule has 1 heterocycles. The molecule has 0 aliphatic heterocycles. The van der Waals surface area contributed by atoms with Gasteiger partial charge in [-0.05, 0) is 61.4 Å². The SMILES string of the molecule is C[C@H](Cc1cccc(C(=O)Nc2ccc(O)cc2)c1)NC[C@H](O)c1ccc(N)nc1. The largest absolute Gasteiger partial charge is 0.508 e. The Labute approximate surface area is 175 Å². The van der Waals surface area contributed by atoms with E-state index >= 15 is 0 Å². The van der Waals surface area contributed by atoms with Gasteiger partial charge in [-0.1, -0.05) is 18.2 Å². The van der Waals surface area contributed by atoms with Crippen molar-refractivity contribution in [3.63, 3.8) is 0 Å². The Morgan fingerprint density at radius 2 is 1.90 bits per heavy atom. The summed E-state index contributed by atoms with van der Waals surface area (Å²) in [6, 6.07) is 17.3. The molecule has 156 valence electrons. The Kier molecular flexibility index (Phi) is 7.00. The minimum atomic E-state index is -0.678. The van der Waals surface area contributed by atoms with Gasteiger partial charge >= 0.3 is 0 Å². The number of carbonyl (C=O) groups is 1. The van der Waals surface area contributed by atoms with Gasteiger partial charge in [0.15, 0.2) is 0 Å². The monoisotopic (exact) mass is 406 g/mol. The standard InChI is InChI=1S/C23H26N4O3/c1-15(25-14-21(29)18-5-10-22(24)26-13-18)11-16-3-2-4-17(12-16)23(30)27-19-6-8-20(28)9-7-19/h2-10,12-13,15,21,25,28-29H,11,14H2,1H3,(H2,24,26)(H,27,30)/t15-,21+/m1/s1. The number of aliphatic hydroxyl groups excluding tert-OH is 1. The molecule has 0 aliphatic carbocycles. The van der Waals surface area contributed by atoms with Crippen molar-refractivity contribution in [2.45, 2.75) is 25.5 Å². The Morgan fingerprint density at radius 1 is 1.13 bits per heavy atom. The summed E-state index contributed by atoms with van der Waals surface area (Å²) in [4.78, 5) is 16.5. The number of nitrogens with zero attached hydrogens (tertiary/aromatic N) is 1. The molecule has 2 aromatic carbocycles. The van der Waals surface area contributed by atoms with Crippen molar-refractivity contribution in [1.82, 2.24) is 10.3 Å². The molecule has 3 aromatic rings. The van der Waals surface area contributed by atoms with Gasteiger partial charge in [-0.15, -0.1) is 0 Å². The summed E-state index contributed by atoms with van der Waals surface area (Å²) in [5, 5.41) is 25.7. The first kappa shape index (κ1) is 21.3. The number of nitrogens with two attached hydrogens (primary N) is 1. The van der Waals surface area contributed by atoms with E-state index in [1.54, 1.807) is 36.5 Å². The molecule has 3 rings (SSSR count). The topological polar surface area (TPSA) is 120 Å². The number of amides is 1. The van der Waals surface area contributed by atoms with E-state index in [1.807, 2.05) is 25.1 Å². The molecule has 30 heavy (non-hydrogen) atoms. The van der Waals surface area contributed by atoms with E-state index in [-0.39, 0.29) is 17.7 Å². The number of nitrogen functional groups attached to an aromatic ring is 1. The van der Waals surface area contributed by atoms with Gasteiger partial charge in [-0.25, -0.2) is 4.98 Å². The van der Waals surface area contributed by atoms with E-state index in [4.69, 9.17) is 5.73 Å². The Balaban J connectivity index is 1.54. The molecule has 0 radical (unpaired) electrons. The highest BCUT2D eigenvalue weighted by Crippen LogP contribution is 2.16. The quantitative estimate of drug-likeness (QED) is 0.367. The van der Waals surface area contributed by atoms with Crippen molar-refractivity contribution in [1.29, 1.82) is 0 Å². The predicted molar refractivity (Wildman–Crippen MR) is 117 cm³/mol. The molecular formula is C23H26N4O3. The zero-order valence-electron chi connectivity index (χ0n) is 16.7. The van der Waals surface area contributed by atoms with Gasteiger partial charge in [0.2, 0.25) is 0 Å². The van der Waals surface area contributed by atoms with Crippen LogP contribution >= 0.6 is 0 Å². The van der Waals surface area contributed by atoms with Crippen LogP contribution in [-0.2, 0) is 6.42 Å². The number of benzene rings is 2. The van der Waals surface area contributed by atoms with Crippen molar-refractivity contribution in [2.75, 3.05) is 17.6 Å². The van der Waals surface area contributed by atoms with Crippen LogP contribution in [0.1, 0.15) is 34.5 Å². The first-order chi connectivity index (χ1) is 14.4. The lowest BCUT2D eigenvalue weighted by atomic mass is 10.0. The fourth-order valence-corrected chi connectivity index (χ4v) is 3.06. The molecule has 6 N–H and O–H groups in total. The molecule has 2 atom stereocenters. The molecule has 0 aliphatic rings. The zero-order chi connectivity index (χ0) is 21.5. The number of aromatic nitrogens is 1. The van der Waals surface area contributed by atoms with Gasteiger partial charge in [-0.2, -0.15) is 0 Å². The number of hydrogen-bond donors (Lipinski definition) is 5. The van der Waals surface area contributed by atoms with E-state index in [1.165, 1.54) is 12.1 Å². The first-order valence-electron chi connectivity index (χ1n) is 9.73. The number of phenolic OH excluding ortho intramolecular Hbond substituents is 1. The van der Waals surface area contributed by atoms with Gasteiger partial charge in [0.25, 0.3) is 5.91 Å². The second-order valence-electron chi connectivity index (χ2n) is 7.25. The maximum Gasteiger partial charge on any atom is 0.255 e. The summed E-state index contributed by atoms with van der Waals surface area (Å²) in [7, 11) is 0. The normalized spacial score (nSPS) is 12.9. The number of phenols is 1. The number of carbonyl (C=O) groups excluding carboxylic acids is 1. The minimum absolute atomic E-state index is 0.0943. The second kappa shape index (κ2) is 9.87. The van der Waals surface area contributed by atoms with E-state index < -0.39 is 6.10 Å². The third-order valence-corrected chi connectivity index (χ3v) is 4.71. The number of hydrogen-bond acceptors (Lipinski definition) is 6. The molecule has 0 bridgehead atoms. The Morgan fingerprint density at radius 3 is 2.60 bits per heavy atom. The Hall–Kier alpha value is -3.42. The number of aromatic hydroxyl groups is 1.